The molecule has 18 heavy (non-hydrogen) atoms. The van der Waals surface area contributed by atoms with Gasteiger partial charge in [0.25, 0.3) is 0 Å². The summed E-state index contributed by atoms with van der Waals surface area (Å²) in [6, 6.07) is 10.3. The quantitative estimate of drug-likeness (QED) is 0.834. The van der Waals surface area contributed by atoms with Gasteiger partial charge in [0.1, 0.15) is 13.0 Å². The van der Waals surface area contributed by atoms with Gasteiger partial charge in [-0.05, 0) is 27.2 Å². The molecule has 1 saturated heterocycles. The van der Waals surface area contributed by atoms with Crippen LogP contribution in [-0.4, -0.2) is 25.2 Å². The molecule has 0 aliphatic carbocycles. The molecular formula is C15H25NO2. The lowest BCUT2D eigenvalue weighted by molar-refractivity contribution is -0.0979. The molecular weight excluding hydrogens is 226 g/mol. The second-order valence-electron chi connectivity index (χ2n) is 4.89. The second-order valence-corrected chi connectivity index (χ2v) is 4.89. The second kappa shape index (κ2) is 8.84. The van der Waals surface area contributed by atoms with Gasteiger partial charge in [-0.3, -0.25) is 5.32 Å². The molecule has 1 aromatic rings. The van der Waals surface area contributed by atoms with Crippen LogP contribution in [0.5, 0.6) is 0 Å². The summed E-state index contributed by atoms with van der Waals surface area (Å²) < 4.78 is 5.41. The van der Waals surface area contributed by atoms with Crippen molar-refractivity contribution in [1.82, 2.24) is 5.32 Å². The minimum Gasteiger partial charge on any atom is -0.361 e. The lowest BCUT2D eigenvalue weighted by Gasteiger charge is -2.15. The number of benzene rings is 1. The molecule has 0 amide bonds. The van der Waals surface area contributed by atoms with Gasteiger partial charge in [0.2, 0.25) is 0 Å². The number of carbonyl (C=O) groups is 1. The molecule has 1 unspecified atom stereocenters. The molecule has 0 saturated carbocycles. The van der Waals surface area contributed by atoms with Crippen LogP contribution in [0.25, 0.3) is 0 Å². The topological polar surface area (TPSA) is 38.3 Å². The van der Waals surface area contributed by atoms with E-state index in [9.17, 15) is 0 Å². The van der Waals surface area contributed by atoms with Gasteiger partial charge < -0.3 is 9.53 Å². The van der Waals surface area contributed by atoms with Crippen molar-refractivity contribution in [2.24, 2.45) is 0 Å². The molecule has 1 fully saturated rings. The zero-order chi connectivity index (χ0) is 14.0. The first-order valence-electron chi connectivity index (χ1n) is 6.23. The number of hydrogen-bond acceptors (Lipinski definition) is 3. The van der Waals surface area contributed by atoms with Crippen molar-refractivity contribution in [2.75, 3.05) is 6.61 Å². The van der Waals surface area contributed by atoms with Crippen molar-refractivity contribution in [3.63, 3.8) is 0 Å². The third kappa shape index (κ3) is 7.20. The van der Waals surface area contributed by atoms with Crippen molar-refractivity contribution in [3.05, 3.63) is 35.9 Å². The lowest BCUT2D eigenvalue weighted by atomic mass is 10.1. The zero-order valence-electron chi connectivity index (χ0n) is 11.9. The fraction of sp³-hybridized carbons (Fsp3) is 0.533. The summed E-state index contributed by atoms with van der Waals surface area (Å²) in [5, 5.41) is 3.36. The van der Waals surface area contributed by atoms with Gasteiger partial charge >= 0.3 is 0 Å². The SMILES string of the molecule is C=O.CCC1NC(C)(C)CO1.Cc1ccccc1. The van der Waals surface area contributed by atoms with Gasteiger partial charge in [-0.1, -0.05) is 42.8 Å². The Balaban J connectivity index is 0.000000289. The number of carbonyl (C=O) groups excluding carboxylic acids is 1. The predicted octanol–water partition coefficient (Wildman–Crippen LogP) is 2.93. The Morgan fingerprint density at radius 1 is 1.33 bits per heavy atom. The molecule has 1 atom stereocenters. The highest BCUT2D eigenvalue weighted by Crippen LogP contribution is 2.14. The van der Waals surface area contributed by atoms with Crippen LogP contribution in [0.1, 0.15) is 32.8 Å². The molecule has 0 radical (unpaired) electrons. The van der Waals surface area contributed by atoms with E-state index in [4.69, 9.17) is 9.53 Å². The van der Waals surface area contributed by atoms with Crippen molar-refractivity contribution < 1.29 is 9.53 Å². The van der Waals surface area contributed by atoms with E-state index in [1.54, 1.807) is 0 Å². The van der Waals surface area contributed by atoms with E-state index in [1.165, 1.54) is 5.56 Å². The number of nitrogens with one attached hydrogen (secondary N) is 1. The van der Waals surface area contributed by atoms with Crippen LogP contribution >= 0.6 is 0 Å². The molecule has 1 aliphatic heterocycles. The predicted molar refractivity (Wildman–Crippen MR) is 75.5 cm³/mol. The average Bonchev–Trinajstić information content (AvgIpc) is 2.73. The summed E-state index contributed by atoms with van der Waals surface area (Å²) >= 11 is 0. The summed E-state index contributed by atoms with van der Waals surface area (Å²) in [4.78, 5) is 8.00. The van der Waals surface area contributed by atoms with Crippen molar-refractivity contribution >= 4 is 6.79 Å². The first-order valence-corrected chi connectivity index (χ1v) is 6.23. The molecule has 102 valence electrons. The van der Waals surface area contributed by atoms with E-state index in [0.717, 1.165) is 13.0 Å². The van der Waals surface area contributed by atoms with E-state index in [1.807, 2.05) is 25.0 Å². The van der Waals surface area contributed by atoms with Crippen molar-refractivity contribution in [2.45, 2.75) is 45.9 Å². The van der Waals surface area contributed by atoms with Gasteiger partial charge in [-0.2, -0.15) is 0 Å². The van der Waals surface area contributed by atoms with Gasteiger partial charge in [0, 0.05) is 5.54 Å². The maximum atomic E-state index is 8.00. The van der Waals surface area contributed by atoms with Crippen LogP contribution < -0.4 is 5.32 Å². The number of aryl methyl sites for hydroxylation is 1. The molecule has 2 rings (SSSR count). The highest BCUT2D eigenvalue weighted by molar-refractivity contribution is 5.11. The van der Waals surface area contributed by atoms with Gasteiger partial charge in [-0.25, -0.2) is 0 Å². The fourth-order valence-corrected chi connectivity index (χ4v) is 1.58. The Kier molecular flexibility index (Phi) is 8.25. The maximum absolute atomic E-state index is 8.00. The highest BCUT2D eigenvalue weighted by Gasteiger charge is 2.29. The van der Waals surface area contributed by atoms with Gasteiger partial charge in [0.15, 0.2) is 0 Å². The Morgan fingerprint density at radius 2 is 1.89 bits per heavy atom. The van der Waals surface area contributed by atoms with Crippen molar-refractivity contribution in [1.29, 1.82) is 0 Å². The van der Waals surface area contributed by atoms with Crippen LogP contribution in [0, 0.1) is 6.92 Å². The van der Waals surface area contributed by atoms with E-state index >= 15 is 0 Å². The smallest absolute Gasteiger partial charge is 0.108 e. The Hall–Kier alpha value is -1.19. The van der Waals surface area contributed by atoms with E-state index in [0.29, 0.717) is 6.23 Å². The van der Waals surface area contributed by atoms with Crippen LogP contribution in [0.15, 0.2) is 30.3 Å². The summed E-state index contributed by atoms with van der Waals surface area (Å²) in [6.07, 6.45) is 1.35. The van der Waals surface area contributed by atoms with E-state index in [2.05, 4.69) is 45.1 Å². The minimum atomic E-state index is 0.195. The number of rotatable bonds is 1. The number of hydrogen-bond donors (Lipinski definition) is 1. The third-order valence-corrected chi connectivity index (χ3v) is 2.51. The molecule has 0 bridgehead atoms. The maximum Gasteiger partial charge on any atom is 0.108 e. The Morgan fingerprint density at radius 3 is 2.11 bits per heavy atom. The first-order chi connectivity index (χ1) is 8.53. The summed E-state index contributed by atoms with van der Waals surface area (Å²) in [7, 11) is 0. The monoisotopic (exact) mass is 251 g/mol. The molecule has 1 N–H and O–H groups in total. The van der Waals surface area contributed by atoms with Crippen molar-refractivity contribution in [3.8, 4) is 0 Å². The molecule has 0 spiro atoms. The number of ether oxygens (including phenoxy) is 1. The third-order valence-electron chi connectivity index (χ3n) is 2.51. The van der Waals surface area contributed by atoms with Gasteiger partial charge in [-0.15, -0.1) is 0 Å². The van der Waals surface area contributed by atoms with Crippen LogP contribution in [-0.2, 0) is 9.53 Å². The fourth-order valence-electron chi connectivity index (χ4n) is 1.58. The lowest BCUT2D eigenvalue weighted by Crippen LogP contribution is -2.38. The zero-order valence-corrected chi connectivity index (χ0v) is 11.9. The largest absolute Gasteiger partial charge is 0.361 e. The summed E-state index contributed by atoms with van der Waals surface area (Å²) in [6.45, 7) is 11.4. The average molecular weight is 251 g/mol. The molecule has 1 heterocycles. The Bertz CT molecular complexity index is 312. The van der Waals surface area contributed by atoms with Crippen LogP contribution in [0.4, 0.5) is 0 Å². The van der Waals surface area contributed by atoms with Gasteiger partial charge in [0.05, 0.1) is 6.61 Å². The molecule has 1 aliphatic rings. The van der Waals surface area contributed by atoms with E-state index < -0.39 is 0 Å². The summed E-state index contributed by atoms with van der Waals surface area (Å²) in [5.74, 6) is 0. The Labute approximate surface area is 111 Å². The van der Waals surface area contributed by atoms with Crippen LogP contribution in [0.3, 0.4) is 0 Å². The summed E-state index contributed by atoms with van der Waals surface area (Å²) in [5.41, 5.74) is 1.52. The molecule has 3 nitrogen and oxygen atoms in total. The molecule has 1 aromatic carbocycles. The first kappa shape index (κ1) is 16.8. The minimum absolute atomic E-state index is 0.195. The van der Waals surface area contributed by atoms with E-state index in [-0.39, 0.29) is 5.54 Å². The standard InChI is InChI=1S/C7H15NO.C7H8.CH2O/c1-4-6-8-7(2,3)5-9-6;1-7-5-3-2-4-6-7;1-2/h6,8H,4-5H2,1-3H3;2-6H,1H3;1H2. The molecule has 3 heteroatoms. The molecule has 0 aromatic heterocycles. The van der Waals surface area contributed by atoms with Crippen LogP contribution in [0.2, 0.25) is 0 Å². The normalized spacial score (nSPS) is 20.1. The highest BCUT2D eigenvalue weighted by atomic mass is 16.5.